The van der Waals surface area contributed by atoms with Crippen LogP contribution in [0.5, 0.6) is 5.75 Å². The zero-order valence-corrected chi connectivity index (χ0v) is 14.5. The van der Waals surface area contributed by atoms with Crippen LogP contribution in [-0.2, 0) is 0 Å². The van der Waals surface area contributed by atoms with Crippen LogP contribution in [0.1, 0.15) is 10.4 Å². The monoisotopic (exact) mass is 432 g/mol. The van der Waals surface area contributed by atoms with Gasteiger partial charge in [-0.25, -0.2) is 0 Å². The molecule has 2 aromatic rings. The summed E-state index contributed by atoms with van der Waals surface area (Å²) in [6, 6.07) is 4.87. The number of hydrogen-bond donors (Lipinski definition) is 1. The summed E-state index contributed by atoms with van der Waals surface area (Å²) in [5.74, 6) is -1.70. The van der Waals surface area contributed by atoms with E-state index < -0.39 is 48.9 Å². The molecule has 1 amide bonds. The Bertz CT molecular complexity index is 975. The van der Waals surface area contributed by atoms with Crippen molar-refractivity contribution in [3.05, 3.63) is 72.3 Å². The lowest BCUT2D eigenvalue weighted by Gasteiger charge is -2.11. The van der Waals surface area contributed by atoms with Gasteiger partial charge in [0, 0.05) is 17.3 Å². The van der Waals surface area contributed by atoms with Gasteiger partial charge in [-0.1, -0.05) is 0 Å². The first-order valence-electron chi connectivity index (χ1n) is 7.17. The van der Waals surface area contributed by atoms with E-state index in [4.69, 9.17) is 0 Å². The first-order chi connectivity index (χ1) is 13.4. The van der Waals surface area contributed by atoms with Crippen LogP contribution in [0.4, 0.5) is 31.5 Å². The first kappa shape index (κ1) is 21.4. The van der Waals surface area contributed by atoms with E-state index in [0.717, 1.165) is 24.3 Å². The molecule has 152 valence electrons. The van der Waals surface area contributed by atoms with Gasteiger partial charge in [-0.05, 0) is 24.3 Å². The fourth-order valence-corrected chi connectivity index (χ4v) is 2.25. The topological polar surface area (TPSA) is 168 Å². The summed E-state index contributed by atoms with van der Waals surface area (Å²) >= 11 is 4.60. The maximum Gasteiger partial charge on any atom is 0.487 e. The molecule has 0 radical (unpaired) electrons. The van der Waals surface area contributed by atoms with Gasteiger partial charge in [0.05, 0.1) is 26.9 Å². The van der Waals surface area contributed by atoms with Crippen LogP contribution in [-0.4, -0.2) is 26.2 Å². The molecule has 12 nitrogen and oxygen atoms in total. The second kappa shape index (κ2) is 7.97. The number of amides is 1. The summed E-state index contributed by atoms with van der Waals surface area (Å²) < 4.78 is 29.2. The van der Waals surface area contributed by atoms with Gasteiger partial charge in [0.15, 0.2) is 5.56 Å². The number of rotatable bonds is 7. The second-order valence-electron chi connectivity index (χ2n) is 5.16. The van der Waals surface area contributed by atoms with E-state index in [1.165, 1.54) is 0 Å². The van der Waals surface area contributed by atoms with E-state index in [-0.39, 0.29) is 11.4 Å². The first-order valence-corrected chi connectivity index (χ1v) is 7.55. The standard InChI is InChI=1S/C14H7ClF2N4O8/c15-14(16,17)29-9-3-1-7(2-4-9)18-13(22)12-10(20(25)26)5-8(19(23)24)6-11(12)21(27)28/h1-6H,(H,18,22). The minimum atomic E-state index is -3.98. The van der Waals surface area contributed by atoms with Crippen molar-refractivity contribution in [1.82, 2.24) is 0 Å². The quantitative estimate of drug-likeness (QED) is 0.391. The van der Waals surface area contributed by atoms with Crippen LogP contribution >= 0.6 is 11.6 Å². The van der Waals surface area contributed by atoms with E-state index in [1.54, 1.807) is 0 Å². The Balaban J connectivity index is 2.43. The molecule has 0 saturated heterocycles. The number of nitrogens with zero attached hydrogens (tertiary/aromatic N) is 3. The highest BCUT2D eigenvalue weighted by Gasteiger charge is 2.35. The van der Waals surface area contributed by atoms with Crippen LogP contribution in [0.25, 0.3) is 0 Å². The fraction of sp³-hybridized carbons (Fsp3) is 0.0714. The molecule has 15 heteroatoms. The lowest BCUT2D eigenvalue weighted by molar-refractivity contribution is -0.403. The third-order valence-electron chi connectivity index (χ3n) is 3.26. The Morgan fingerprint density at radius 1 is 0.966 bits per heavy atom. The van der Waals surface area contributed by atoms with Gasteiger partial charge in [0.25, 0.3) is 23.0 Å². The zero-order valence-electron chi connectivity index (χ0n) is 13.7. The number of halogens is 3. The Morgan fingerprint density at radius 3 is 1.83 bits per heavy atom. The summed E-state index contributed by atoms with van der Waals surface area (Å²) in [5.41, 5.74) is -8.38. The molecule has 2 rings (SSSR count). The van der Waals surface area contributed by atoms with Gasteiger partial charge in [-0.3, -0.25) is 35.1 Å². The zero-order chi connectivity index (χ0) is 21.9. The van der Waals surface area contributed by atoms with Crippen LogP contribution in [0.2, 0.25) is 0 Å². The minimum absolute atomic E-state index is 0.0952. The fourth-order valence-electron chi connectivity index (χ4n) is 2.16. The number of alkyl halides is 3. The number of carbonyl (C=O) groups excluding carboxylic acids is 1. The van der Waals surface area contributed by atoms with Crippen LogP contribution in [0, 0.1) is 30.3 Å². The van der Waals surface area contributed by atoms with Crippen LogP contribution < -0.4 is 10.1 Å². The maximum atomic E-state index is 12.6. The van der Waals surface area contributed by atoms with Crippen molar-refractivity contribution in [1.29, 1.82) is 0 Å². The smallest absolute Gasteiger partial charge is 0.420 e. The number of benzene rings is 2. The maximum absolute atomic E-state index is 12.6. The van der Waals surface area contributed by atoms with Crippen molar-refractivity contribution in [2.75, 3.05) is 5.32 Å². The Kier molecular flexibility index (Phi) is 5.87. The molecule has 0 aliphatic rings. The van der Waals surface area contributed by atoms with Crippen molar-refractivity contribution in [2.45, 2.75) is 5.57 Å². The molecule has 0 fully saturated rings. The van der Waals surface area contributed by atoms with E-state index in [0.29, 0.717) is 12.1 Å². The molecule has 0 atom stereocenters. The minimum Gasteiger partial charge on any atom is -0.420 e. The van der Waals surface area contributed by atoms with Crippen LogP contribution in [0.15, 0.2) is 36.4 Å². The van der Waals surface area contributed by atoms with Crippen molar-refractivity contribution in [3.8, 4) is 5.75 Å². The number of ether oxygens (including phenoxy) is 1. The van der Waals surface area contributed by atoms with Crippen molar-refractivity contribution < 1.29 is 33.1 Å². The molecular weight excluding hydrogens is 426 g/mol. The number of anilines is 1. The Labute approximate surface area is 163 Å². The molecule has 0 saturated carbocycles. The molecule has 0 unspecified atom stereocenters. The molecule has 0 aliphatic heterocycles. The molecule has 0 spiro atoms. The SMILES string of the molecule is O=C(Nc1ccc(OC(F)(F)Cl)cc1)c1c([N+](=O)[O-])cc([N+](=O)[O-])cc1[N+](=O)[O-]. The summed E-state index contributed by atoms with van der Waals surface area (Å²) in [7, 11) is 0. The Morgan fingerprint density at radius 2 is 1.45 bits per heavy atom. The van der Waals surface area contributed by atoms with E-state index in [1.807, 2.05) is 0 Å². The Hall–Kier alpha value is -3.94. The van der Waals surface area contributed by atoms with Crippen molar-refractivity contribution >= 4 is 40.3 Å². The van der Waals surface area contributed by atoms with E-state index in [2.05, 4.69) is 21.7 Å². The molecule has 0 aliphatic carbocycles. The predicted octanol–water partition coefficient (Wildman–Crippen LogP) is 3.83. The summed E-state index contributed by atoms with van der Waals surface area (Å²) in [4.78, 5) is 42.1. The van der Waals surface area contributed by atoms with Gasteiger partial charge < -0.3 is 10.1 Å². The van der Waals surface area contributed by atoms with Gasteiger partial charge in [-0.15, -0.1) is 8.78 Å². The predicted molar refractivity (Wildman–Crippen MR) is 92.2 cm³/mol. The highest BCUT2D eigenvalue weighted by atomic mass is 35.5. The van der Waals surface area contributed by atoms with Gasteiger partial charge >= 0.3 is 5.57 Å². The van der Waals surface area contributed by atoms with Crippen LogP contribution in [0.3, 0.4) is 0 Å². The average Bonchev–Trinajstić information content (AvgIpc) is 2.60. The summed E-state index contributed by atoms with van der Waals surface area (Å²) in [6.45, 7) is 0. The molecule has 2 aromatic carbocycles. The third kappa shape index (κ3) is 5.29. The lowest BCUT2D eigenvalue weighted by Crippen LogP contribution is -2.17. The number of nitro groups is 3. The van der Waals surface area contributed by atoms with Crippen molar-refractivity contribution in [3.63, 3.8) is 0 Å². The molecule has 1 N–H and O–H groups in total. The highest BCUT2D eigenvalue weighted by molar-refractivity contribution is 6.20. The number of nitrogens with one attached hydrogen (secondary N) is 1. The number of non-ortho nitro benzene ring substituents is 1. The van der Waals surface area contributed by atoms with Gasteiger partial charge in [0.2, 0.25) is 0 Å². The molecular formula is C14H7ClF2N4O8. The van der Waals surface area contributed by atoms with E-state index in [9.17, 15) is 43.9 Å². The number of carbonyl (C=O) groups is 1. The van der Waals surface area contributed by atoms with Crippen molar-refractivity contribution in [2.24, 2.45) is 0 Å². The largest absolute Gasteiger partial charge is 0.487 e. The normalized spacial score (nSPS) is 10.9. The van der Waals surface area contributed by atoms with E-state index >= 15 is 0 Å². The van der Waals surface area contributed by atoms with Gasteiger partial charge in [0.1, 0.15) is 5.75 Å². The lowest BCUT2D eigenvalue weighted by atomic mass is 10.1. The number of nitro benzene ring substituents is 3. The molecule has 0 heterocycles. The highest BCUT2D eigenvalue weighted by Crippen LogP contribution is 2.34. The average molecular weight is 433 g/mol. The second-order valence-corrected chi connectivity index (χ2v) is 5.60. The molecule has 0 bridgehead atoms. The van der Waals surface area contributed by atoms with Gasteiger partial charge in [-0.2, -0.15) is 0 Å². The number of hydrogen-bond acceptors (Lipinski definition) is 8. The third-order valence-corrected chi connectivity index (χ3v) is 3.34. The summed E-state index contributed by atoms with van der Waals surface area (Å²) in [5, 5.41) is 35.3. The summed E-state index contributed by atoms with van der Waals surface area (Å²) in [6.07, 6.45) is 0. The molecule has 29 heavy (non-hydrogen) atoms. The molecule has 0 aromatic heterocycles.